The molecule has 1 atom stereocenters. The third kappa shape index (κ3) is 5.30. The van der Waals surface area contributed by atoms with Gasteiger partial charge in [-0.1, -0.05) is 19.8 Å². The highest BCUT2D eigenvalue weighted by Crippen LogP contribution is 2.45. The molecule has 2 saturated carbocycles. The van der Waals surface area contributed by atoms with E-state index < -0.39 is 21.8 Å². The Bertz CT molecular complexity index is 1320. The van der Waals surface area contributed by atoms with Crippen molar-refractivity contribution in [2.24, 2.45) is 11.8 Å². The molecule has 10 heteroatoms. The molecule has 0 bridgehead atoms. The van der Waals surface area contributed by atoms with Crippen LogP contribution < -0.4 is 0 Å². The number of sulfonamides is 1. The maximum Gasteiger partial charge on any atom is 0.417 e. The van der Waals surface area contributed by atoms with Crippen LogP contribution in [0.4, 0.5) is 13.2 Å². The smallest absolute Gasteiger partial charge is 0.260 e. The highest BCUT2D eigenvalue weighted by atomic mass is 32.2. The molecule has 2 fully saturated rings. The van der Waals surface area contributed by atoms with E-state index >= 15 is 0 Å². The Labute approximate surface area is 216 Å². The SMILES string of the molecule is CCC(C(=C(C#N)c1cc(C(F)(F)F)cnc1C)c1ccc(S(=O)(=O)N(C)C2CCC2)cn1)C1CCC1. The second kappa shape index (κ2) is 10.5. The zero-order chi connectivity index (χ0) is 27.0. The first kappa shape index (κ1) is 27.3. The molecule has 0 spiro atoms. The largest absolute Gasteiger partial charge is 0.417 e. The number of hydrogen-bond acceptors (Lipinski definition) is 5. The highest BCUT2D eigenvalue weighted by molar-refractivity contribution is 7.89. The molecule has 0 aromatic carbocycles. The van der Waals surface area contributed by atoms with Crippen LogP contribution in [0.1, 0.15) is 74.4 Å². The summed E-state index contributed by atoms with van der Waals surface area (Å²) in [6, 6.07) is 6.16. The van der Waals surface area contributed by atoms with Crippen LogP contribution in [0.2, 0.25) is 0 Å². The molecule has 2 aliphatic rings. The Morgan fingerprint density at radius 2 is 1.84 bits per heavy atom. The van der Waals surface area contributed by atoms with E-state index in [0.29, 0.717) is 23.4 Å². The Hall–Kier alpha value is -2.77. The van der Waals surface area contributed by atoms with Gasteiger partial charge in [-0.05, 0) is 74.6 Å². The predicted octanol–water partition coefficient (Wildman–Crippen LogP) is 6.24. The van der Waals surface area contributed by atoms with Gasteiger partial charge < -0.3 is 0 Å². The molecule has 0 saturated heterocycles. The molecule has 2 aromatic rings. The van der Waals surface area contributed by atoms with Gasteiger partial charge in [0.05, 0.1) is 16.8 Å². The van der Waals surface area contributed by atoms with Crippen molar-refractivity contribution in [1.82, 2.24) is 14.3 Å². The lowest BCUT2D eigenvalue weighted by molar-refractivity contribution is -0.137. The zero-order valence-corrected chi connectivity index (χ0v) is 22.0. The Balaban J connectivity index is 1.85. The van der Waals surface area contributed by atoms with Crippen molar-refractivity contribution in [2.45, 2.75) is 75.9 Å². The van der Waals surface area contributed by atoms with E-state index in [1.54, 1.807) is 20.0 Å². The van der Waals surface area contributed by atoms with Crippen molar-refractivity contribution < 1.29 is 21.6 Å². The van der Waals surface area contributed by atoms with Crippen LogP contribution in [0.3, 0.4) is 0 Å². The highest BCUT2D eigenvalue weighted by Gasteiger charge is 2.36. The van der Waals surface area contributed by atoms with E-state index in [9.17, 15) is 26.9 Å². The van der Waals surface area contributed by atoms with Gasteiger partial charge in [0.2, 0.25) is 10.0 Å². The number of alkyl halides is 3. The van der Waals surface area contributed by atoms with Gasteiger partial charge in [-0.25, -0.2) is 8.42 Å². The molecule has 0 radical (unpaired) electrons. The van der Waals surface area contributed by atoms with Gasteiger partial charge >= 0.3 is 6.18 Å². The summed E-state index contributed by atoms with van der Waals surface area (Å²) in [4.78, 5) is 8.47. The average molecular weight is 533 g/mol. The minimum Gasteiger partial charge on any atom is -0.260 e. The maximum atomic E-state index is 13.5. The van der Waals surface area contributed by atoms with Crippen LogP contribution in [0.15, 0.2) is 35.5 Å². The lowest BCUT2D eigenvalue weighted by atomic mass is 9.69. The summed E-state index contributed by atoms with van der Waals surface area (Å²) in [5.74, 6) is 0.169. The molecule has 1 unspecified atom stereocenters. The Kier molecular flexibility index (Phi) is 7.77. The lowest BCUT2D eigenvalue weighted by Gasteiger charge is -2.35. The number of hydrogen-bond donors (Lipinski definition) is 0. The molecular formula is C27H31F3N4O2S. The van der Waals surface area contributed by atoms with Crippen LogP contribution in [-0.4, -0.2) is 35.8 Å². The number of rotatable bonds is 8. The van der Waals surface area contributed by atoms with Gasteiger partial charge in [0, 0.05) is 36.7 Å². The molecule has 2 aromatic heterocycles. The first-order valence-electron chi connectivity index (χ1n) is 12.6. The van der Waals surface area contributed by atoms with Crippen molar-refractivity contribution >= 4 is 21.2 Å². The van der Waals surface area contributed by atoms with Gasteiger partial charge in [-0.2, -0.15) is 22.7 Å². The Morgan fingerprint density at radius 3 is 2.30 bits per heavy atom. The third-order valence-electron chi connectivity index (χ3n) is 7.87. The first-order valence-corrected chi connectivity index (χ1v) is 14.1. The summed E-state index contributed by atoms with van der Waals surface area (Å²) in [6.07, 6.45) is 3.74. The van der Waals surface area contributed by atoms with E-state index in [1.165, 1.54) is 16.6 Å². The fraction of sp³-hybridized carbons (Fsp3) is 0.519. The predicted molar refractivity (Wildman–Crippen MR) is 134 cm³/mol. The maximum absolute atomic E-state index is 13.5. The number of halogens is 3. The van der Waals surface area contributed by atoms with Crippen molar-refractivity contribution in [2.75, 3.05) is 7.05 Å². The van der Waals surface area contributed by atoms with Gasteiger partial charge in [0.1, 0.15) is 11.0 Å². The lowest BCUT2D eigenvalue weighted by Crippen LogP contribution is -2.41. The van der Waals surface area contributed by atoms with E-state index in [2.05, 4.69) is 16.0 Å². The fourth-order valence-electron chi connectivity index (χ4n) is 5.13. The quantitative estimate of drug-likeness (QED) is 0.376. The molecule has 37 heavy (non-hydrogen) atoms. The molecule has 0 N–H and O–H groups in total. The van der Waals surface area contributed by atoms with Crippen molar-refractivity contribution in [1.29, 1.82) is 5.26 Å². The zero-order valence-electron chi connectivity index (χ0n) is 21.2. The van der Waals surface area contributed by atoms with Crippen LogP contribution in [0, 0.1) is 30.1 Å². The monoisotopic (exact) mass is 532 g/mol. The number of nitriles is 1. The third-order valence-corrected chi connectivity index (χ3v) is 9.77. The Morgan fingerprint density at radius 1 is 1.16 bits per heavy atom. The van der Waals surface area contributed by atoms with Crippen LogP contribution in [-0.2, 0) is 16.2 Å². The molecule has 4 rings (SSSR count). The van der Waals surface area contributed by atoms with E-state index in [4.69, 9.17) is 0 Å². The summed E-state index contributed by atoms with van der Waals surface area (Å²) in [7, 11) is -2.16. The number of allylic oxidation sites excluding steroid dienone is 2. The second-order valence-electron chi connectivity index (χ2n) is 9.95. The van der Waals surface area contributed by atoms with Crippen molar-refractivity contribution in [3.63, 3.8) is 0 Å². The van der Waals surface area contributed by atoms with Gasteiger partial charge in [-0.15, -0.1) is 0 Å². The molecule has 198 valence electrons. The van der Waals surface area contributed by atoms with Gasteiger partial charge in [-0.3, -0.25) is 9.97 Å². The topological polar surface area (TPSA) is 86.9 Å². The van der Waals surface area contributed by atoms with Crippen LogP contribution in [0.5, 0.6) is 0 Å². The van der Waals surface area contributed by atoms with Gasteiger partial charge in [0.25, 0.3) is 0 Å². The summed E-state index contributed by atoms with van der Waals surface area (Å²) in [5.41, 5.74) is 0.558. The minimum atomic E-state index is -4.60. The standard InChI is InChI=1S/C27H31F3N4O2S/c1-4-22(18-7-5-8-18)26(24(14-31)23-13-19(27(28,29)30)15-32-17(23)2)25-12-11-21(16-33-25)37(35,36)34(3)20-9-6-10-20/h11-13,15-16,18,20,22H,4-10H2,1-3H3. The summed E-state index contributed by atoms with van der Waals surface area (Å²) in [6.45, 7) is 3.57. The van der Waals surface area contributed by atoms with E-state index in [0.717, 1.165) is 50.8 Å². The van der Waals surface area contributed by atoms with Gasteiger partial charge in [0.15, 0.2) is 0 Å². The second-order valence-corrected chi connectivity index (χ2v) is 11.9. The minimum absolute atomic E-state index is 0.0233. The fourth-order valence-corrected chi connectivity index (χ4v) is 6.49. The van der Waals surface area contributed by atoms with Crippen LogP contribution in [0.25, 0.3) is 11.1 Å². The van der Waals surface area contributed by atoms with E-state index in [1.807, 2.05) is 6.92 Å². The average Bonchev–Trinajstić information content (AvgIpc) is 2.79. The van der Waals surface area contributed by atoms with E-state index in [-0.39, 0.29) is 33.9 Å². The molecule has 2 heterocycles. The summed E-state index contributed by atoms with van der Waals surface area (Å²) >= 11 is 0. The molecule has 2 aliphatic carbocycles. The number of aryl methyl sites for hydroxylation is 1. The number of aromatic nitrogens is 2. The summed E-state index contributed by atoms with van der Waals surface area (Å²) < 4.78 is 68.1. The summed E-state index contributed by atoms with van der Waals surface area (Å²) in [5, 5.41) is 10.3. The molecule has 0 amide bonds. The number of pyridine rings is 2. The molecule has 0 aliphatic heterocycles. The van der Waals surface area contributed by atoms with Crippen molar-refractivity contribution in [3.05, 3.63) is 53.1 Å². The van der Waals surface area contributed by atoms with Crippen LogP contribution >= 0.6 is 0 Å². The normalized spacial score (nSPS) is 18.5. The van der Waals surface area contributed by atoms with Crippen molar-refractivity contribution in [3.8, 4) is 6.07 Å². The molecule has 6 nitrogen and oxygen atoms in total. The molecular weight excluding hydrogens is 501 g/mol. The number of nitrogens with zero attached hydrogens (tertiary/aromatic N) is 4. The first-order chi connectivity index (χ1) is 17.5.